The molecule has 128 valence electrons. The van der Waals surface area contributed by atoms with Gasteiger partial charge in [-0.25, -0.2) is 0 Å². The number of ether oxygens (including phenoxy) is 2. The van der Waals surface area contributed by atoms with E-state index in [4.69, 9.17) is 9.47 Å². The van der Waals surface area contributed by atoms with Crippen LogP contribution in [0.15, 0.2) is 35.6 Å². The number of carbonyl (C=O) groups is 2. The molecule has 0 spiro atoms. The minimum absolute atomic E-state index is 0.0118. The van der Waals surface area contributed by atoms with Crippen molar-refractivity contribution in [1.82, 2.24) is 0 Å². The van der Waals surface area contributed by atoms with Crippen LogP contribution in [0.4, 0.5) is 0 Å². The van der Waals surface area contributed by atoms with Crippen LogP contribution in [0.5, 0.6) is 11.5 Å². The van der Waals surface area contributed by atoms with E-state index in [1.165, 1.54) is 13.0 Å². The maximum atomic E-state index is 11.9. The van der Waals surface area contributed by atoms with Gasteiger partial charge in [-0.1, -0.05) is 12.1 Å². The maximum Gasteiger partial charge on any atom is 0.161 e. The molecule has 24 heavy (non-hydrogen) atoms. The normalized spacial score (nSPS) is 15.1. The number of benzene rings is 1. The number of hydrogen-bond donors (Lipinski definition) is 1. The molecule has 1 N–H and O–H groups in total. The van der Waals surface area contributed by atoms with Crippen LogP contribution in [0, 0.1) is 5.92 Å². The van der Waals surface area contributed by atoms with Crippen molar-refractivity contribution in [1.29, 1.82) is 0 Å². The molecule has 1 saturated carbocycles. The first kappa shape index (κ1) is 17.8. The summed E-state index contributed by atoms with van der Waals surface area (Å²) in [6.07, 6.45) is 4.83. The van der Waals surface area contributed by atoms with E-state index >= 15 is 0 Å². The topological polar surface area (TPSA) is 72.8 Å². The third-order valence-corrected chi connectivity index (χ3v) is 3.96. The molecular weight excluding hydrogens is 308 g/mol. The first-order chi connectivity index (χ1) is 11.5. The van der Waals surface area contributed by atoms with Crippen LogP contribution in [0.1, 0.15) is 31.7 Å². The SMILES string of the molecule is COc1ccc(/C=C/C(O)=C(\CC(=O)C2CC2)C(C)=O)cc1OC. The van der Waals surface area contributed by atoms with Gasteiger partial charge in [-0.2, -0.15) is 0 Å². The molecular formula is C19H22O5. The van der Waals surface area contributed by atoms with E-state index in [9.17, 15) is 14.7 Å². The van der Waals surface area contributed by atoms with E-state index in [-0.39, 0.29) is 35.2 Å². The summed E-state index contributed by atoms with van der Waals surface area (Å²) >= 11 is 0. The van der Waals surface area contributed by atoms with Crippen LogP contribution in [0.3, 0.4) is 0 Å². The van der Waals surface area contributed by atoms with Gasteiger partial charge in [0, 0.05) is 17.9 Å². The van der Waals surface area contributed by atoms with E-state index in [2.05, 4.69) is 0 Å². The van der Waals surface area contributed by atoms with Gasteiger partial charge in [0.05, 0.1) is 14.2 Å². The fourth-order valence-electron chi connectivity index (χ4n) is 2.35. The van der Waals surface area contributed by atoms with Crippen LogP contribution >= 0.6 is 0 Å². The Bertz CT molecular complexity index is 696. The zero-order chi connectivity index (χ0) is 17.7. The van der Waals surface area contributed by atoms with Crippen molar-refractivity contribution in [3.05, 3.63) is 41.2 Å². The van der Waals surface area contributed by atoms with Crippen molar-refractivity contribution in [3.8, 4) is 11.5 Å². The Morgan fingerprint density at radius 3 is 2.42 bits per heavy atom. The van der Waals surface area contributed by atoms with E-state index in [1.54, 1.807) is 38.5 Å². The zero-order valence-corrected chi connectivity index (χ0v) is 14.2. The molecule has 0 saturated heterocycles. The number of aliphatic hydroxyl groups is 1. The van der Waals surface area contributed by atoms with Gasteiger partial charge in [0.1, 0.15) is 11.5 Å². The predicted molar refractivity (Wildman–Crippen MR) is 91.3 cm³/mol. The van der Waals surface area contributed by atoms with Gasteiger partial charge in [0.15, 0.2) is 17.3 Å². The monoisotopic (exact) mass is 330 g/mol. The van der Waals surface area contributed by atoms with Gasteiger partial charge < -0.3 is 14.6 Å². The van der Waals surface area contributed by atoms with E-state index in [0.717, 1.165) is 18.4 Å². The van der Waals surface area contributed by atoms with Crippen LogP contribution in [0.2, 0.25) is 0 Å². The molecule has 0 heterocycles. The molecule has 0 bridgehead atoms. The second kappa shape index (κ2) is 7.81. The fraction of sp³-hybridized carbons (Fsp3) is 0.368. The summed E-state index contributed by atoms with van der Waals surface area (Å²) in [7, 11) is 3.10. The lowest BCUT2D eigenvalue weighted by atomic mass is 10.0. The standard InChI is InChI=1S/C19H22O5/c1-12(20)15(11-17(22)14-6-7-14)16(21)8-4-13-5-9-18(23-2)19(10-13)24-3/h4-5,8-10,14,21H,6-7,11H2,1-3H3/b8-4+,16-15-. The largest absolute Gasteiger partial charge is 0.508 e. The number of aliphatic hydroxyl groups excluding tert-OH is 1. The summed E-state index contributed by atoms with van der Waals surface area (Å²) in [4.78, 5) is 23.6. The van der Waals surface area contributed by atoms with Crippen molar-refractivity contribution in [2.75, 3.05) is 14.2 Å². The minimum Gasteiger partial charge on any atom is -0.508 e. The van der Waals surface area contributed by atoms with Crippen LogP contribution < -0.4 is 9.47 Å². The first-order valence-electron chi connectivity index (χ1n) is 7.82. The Morgan fingerprint density at radius 2 is 1.88 bits per heavy atom. The summed E-state index contributed by atoms with van der Waals surface area (Å²) in [5, 5.41) is 10.2. The van der Waals surface area contributed by atoms with Crippen molar-refractivity contribution in [2.45, 2.75) is 26.2 Å². The number of allylic oxidation sites excluding steroid dienone is 2. The van der Waals surface area contributed by atoms with Crippen molar-refractivity contribution < 1.29 is 24.2 Å². The average Bonchev–Trinajstić information content (AvgIpc) is 3.41. The Labute approximate surface area is 141 Å². The van der Waals surface area contributed by atoms with E-state index in [0.29, 0.717) is 11.5 Å². The molecule has 5 nitrogen and oxygen atoms in total. The van der Waals surface area contributed by atoms with Crippen LogP contribution in [0.25, 0.3) is 6.08 Å². The highest BCUT2D eigenvalue weighted by atomic mass is 16.5. The second-order valence-corrected chi connectivity index (χ2v) is 5.79. The highest BCUT2D eigenvalue weighted by Gasteiger charge is 2.30. The maximum absolute atomic E-state index is 11.9. The molecule has 1 fully saturated rings. The third kappa shape index (κ3) is 4.47. The van der Waals surface area contributed by atoms with Crippen LogP contribution in [-0.4, -0.2) is 30.9 Å². The number of rotatable bonds is 8. The smallest absolute Gasteiger partial charge is 0.161 e. The number of methoxy groups -OCH3 is 2. The fourth-order valence-corrected chi connectivity index (χ4v) is 2.35. The molecule has 1 aromatic carbocycles. The average molecular weight is 330 g/mol. The third-order valence-electron chi connectivity index (χ3n) is 3.96. The summed E-state index contributed by atoms with van der Waals surface area (Å²) < 4.78 is 10.4. The number of carbonyl (C=O) groups excluding carboxylic acids is 2. The lowest BCUT2D eigenvalue weighted by Gasteiger charge is -2.08. The zero-order valence-electron chi connectivity index (χ0n) is 14.2. The van der Waals surface area contributed by atoms with Gasteiger partial charge in [-0.3, -0.25) is 9.59 Å². The van der Waals surface area contributed by atoms with Gasteiger partial charge in [0.2, 0.25) is 0 Å². The Kier molecular flexibility index (Phi) is 5.79. The van der Waals surface area contributed by atoms with E-state index in [1.807, 2.05) is 0 Å². The molecule has 0 radical (unpaired) electrons. The minimum atomic E-state index is -0.293. The van der Waals surface area contributed by atoms with Crippen molar-refractivity contribution in [2.24, 2.45) is 5.92 Å². The quantitative estimate of drug-likeness (QED) is 0.449. The lowest BCUT2D eigenvalue weighted by Crippen LogP contribution is -2.09. The van der Waals surface area contributed by atoms with Gasteiger partial charge in [-0.05, 0) is 43.5 Å². The van der Waals surface area contributed by atoms with Crippen LogP contribution in [-0.2, 0) is 9.59 Å². The summed E-state index contributed by atoms with van der Waals surface area (Å²) in [5.41, 5.74) is 0.930. The van der Waals surface area contributed by atoms with Gasteiger partial charge in [0.25, 0.3) is 0 Å². The molecule has 0 unspecified atom stereocenters. The summed E-state index contributed by atoms with van der Waals surface area (Å²) in [5.74, 6) is 0.783. The Balaban J connectivity index is 2.20. The molecule has 1 aromatic rings. The van der Waals surface area contributed by atoms with Gasteiger partial charge >= 0.3 is 0 Å². The summed E-state index contributed by atoms with van der Waals surface area (Å²) in [6.45, 7) is 1.36. The second-order valence-electron chi connectivity index (χ2n) is 5.79. The van der Waals surface area contributed by atoms with Gasteiger partial charge in [-0.15, -0.1) is 0 Å². The molecule has 0 amide bonds. The molecule has 1 aliphatic carbocycles. The molecule has 1 aliphatic rings. The Hall–Kier alpha value is -2.56. The highest BCUT2D eigenvalue weighted by Crippen LogP contribution is 2.32. The number of Topliss-reactive ketones (excluding diaryl/α,β-unsaturated/α-hetero) is 2. The summed E-state index contributed by atoms with van der Waals surface area (Å²) in [6, 6.07) is 5.31. The number of hydrogen-bond acceptors (Lipinski definition) is 5. The van der Waals surface area contributed by atoms with E-state index < -0.39 is 0 Å². The molecule has 0 aliphatic heterocycles. The molecule has 0 atom stereocenters. The number of ketones is 2. The Morgan fingerprint density at radius 1 is 1.21 bits per heavy atom. The lowest BCUT2D eigenvalue weighted by molar-refractivity contribution is -0.121. The first-order valence-corrected chi connectivity index (χ1v) is 7.82. The molecule has 2 rings (SSSR count). The highest BCUT2D eigenvalue weighted by molar-refractivity contribution is 6.00. The molecule has 5 heteroatoms. The predicted octanol–water partition coefficient (Wildman–Crippen LogP) is 3.49. The van der Waals surface area contributed by atoms with Crippen molar-refractivity contribution >= 4 is 17.6 Å². The molecule has 0 aromatic heterocycles. The van der Waals surface area contributed by atoms with Crippen molar-refractivity contribution in [3.63, 3.8) is 0 Å².